The van der Waals surface area contributed by atoms with E-state index in [1.807, 2.05) is 4.90 Å². The molecule has 0 bridgehead atoms. The van der Waals surface area contributed by atoms with Gasteiger partial charge in [0.25, 0.3) is 5.91 Å². The van der Waals surface area contributed by atoms with Crippen molar-refractivity contribution in [3.8, 4) is 5.75 Å². The number of amides is 1. The van der Waals surface area contributed by atoms with Gasteiger partial charge in [-0.15, -0.1) is 0 Å². The molecular weight excluding hydrogens is 480 g/mol. The Balaban J connectivity index is 1.48. The Morgan fingerprint density at radius 1 is 1.03 bits per heavy atom. The molecule has 2 fully saturated rings. The summed E-state index contributed by atoms with van der Waals surface area (Å²) in [5.41, 5.74) is 0.191. The van der Waals surface area contributed by atoms with Crippen LogP contribution in [0.1, 0.15) is 35.2 Å². The monoisotopic (exact) mass is 508 g/mol. The molecule has 1 spiro atoms. The lowest BCUT2D eigenvalue weighted by molar-refractivity contribution is -0.216. The smallest absolute Gasteiger partial charge is 0.490 e. The number of likely N-dealkylation sites (tertiary alicyclic amines) is 2. The van der Waals surface area contributed by atoms with Crippen molar-refractivity contribution in [2.24, 2.45) is 5.41 Å². The van der Waals surface area contributed by atoms with Crippen LogP contribution in [0.2, 0.25) is 0 Å². The van der Waals surface area contributed by atoms with Crippen LogP contribution in [0, 0.1) is 11.2 Å². The van der Waals surface area contributed by atoms with Crippen molar-refractivity contribution in [1.82, 2.24) is 9.80 Å². The summed E-state index contributed by atoms with van der Waals surface area (Å²) in [4.78, 5) is 28.2. The largest absolute Gasteiger partial charge is 0.497 e. The number of hydrogen-bond donors (Lipinski definition) is 0. The first kappa shape index (κ1) is 25.9. The number of hydrogen-bond acceptors (Lipinski definition) is 5. The summed E-state index contributed by atoms with van der Waals surface area (Å²) in [7, 11) is 1.50. The lowest BCUT2D eigenvalue weighted by Crippen LogP contribution is -2.58. The fourth-order valence-corrected chi connectivity index (χ4v) is 5.08. The standard InChI is InChI=1S/C26H28F4N2O4/c1-35-20-7-8-21(27)19(15-20)16-31-12-9-25(10-13-31)11-14-32(23(33)18-5-3-2-4-6-18)17-22(25)36-24(34)26(28,29)30/h2-8,15,22H,9-14,16-17H2,1H3. The van der Waals surface area contributed by atoms with Crippen LogP contribution in [0.3, 0.4) is 0 Å². The van der Waals surface area contributed by atoms with Crippen molar-refractivity contribution in [2.75, 3.05) is 33.3 Å². The lowest BCUT2D eigenvalue weighted by Gasteiger charge is -2.50. The second-order valence-corrected chi connectivity index (χ2v) is 9.35. The fraction of sp³-hybridized carbons (Fsp3) is 0.462. The van der Waals surface area contributed by atoms with Gasteiger partial charge in [0.1, 0.15) is 17.7 Å². The van der Waals surface area contributed by atoms with Gasteiger partial charge in [-0.25, -0.2) is 9.18 Å². The molecule has 2 aromatic carbocycles. The van der Waals surface area contributed by atoms with Gasteiger partial charge < -0.3 is 14.4 Å². The maximum atomic E-state index is 14.3. The zero-order chi connectivity index (χ0) is 25.9. The molecule has 2 aromatic rings. The Bertz CT molecular complexity index is 1090. The van der Waals surface area contributed by atoms with Crippen LogP contribution < -0.4 is 4.74 Å². The Morgan fingerprint density at radius 3 is 2.33 bits per heavy atom. The van der Waals surface area contributed by atoms with E-state index in [9.17, 15) is 27.2 Å². The summed E-state index contributed by atoms with van der Waals surface area (Å²) in [5.74, 6) is -2.39. The maximum Gasteiger partial charge on any atom is 0.490 e. The Labute approximate surface area is 206 Å². The third-order valence-electron chi connectivity index (χ3n) is 7.24. The van der Waals surface area contributed by atoms with Gasteiger partial charge in [-0.05, 0) is 62.7 Å². The van der Waals surface area contributed by atoms with E-state index in [1.165, 1.54) is 24.1 Å². The van der Waals surface area contributed by atoms with Crippen molar-refractivity contribution in [1.29, 1.82) is 0 Å². The molecule has 1 atom stereocenters. The average Bonchev–Trinajstić information content (AvgIpc) is 2.87. The molecule has 1 unspecified atom stereocenters. The topological polar surface area (TPSA) is 59.1 Å². The molecule has 0 radical (unpaired) electrons. The highest BCUT2D eigenvalue weighted by molar-refractivity contribution is 5.94. The zero-order valence-corrected chi connectivity index (χ0v) is 19.9. The first-order valence-corrected chi connectivity index (χ1v) is 11.8. The van der Waals surface area contributed by atoms with Gasteiger partial charge in [0.05, 0.1) is 13.7 Å². The second-order valence-electron chi connectivity index (χ2n) is 9.35. The molecule has 2 aliphatic rings. The van der Waals surface area contributed by atoms with Gasteiger partial charge in [0.15, 0.2) is 0 Å². The highest BCUT2D eigenvalue weighted by atomic mass is 19.4. The number of carbonyl (C=O) groups excluding carboxylic acids is 2. The van der Waals surface area contributed by atoms with E-state index in [0.717, 1.165) is 0 Å². The summed E-state index contributed by atoms with van der Waals surface area (Å²) < 4.78 is 63.7. The number of methoxy groups -OCH3 is 1. The number of nitrogens with zero attached hydrogens (tertiary/aromatic N) is 2. The highest BCUT2D eigenvalue weighted by Gasteiger charge is 2.51. The Morgan fingerprint density at radius 2 is 1.69 bits per heavy atom. The van der Waals surface area contributed by atoms with E-state index in [-0.39, 0.29) is 18.3 Å². The lowest BCUT2D eigenvalue weighted by atomic mass is 9.69. The van der Waals surface area contributed by atoms with Crippen LogP contribution in [-0.2, 0) is 16.1 Å². The van der Waals surface area contributed by atoms with Crippen LogP contribution in [0.5, 0.6) is 5.75 Å². The van der Waals surface area contributed by atoms with Crippen LogP contribution in [-0.4, -0.2) is 67.2 Å². The van der Waals surface area contributed by atoms with E-state index in [4.69, 9.17) is 9.47 Å². The zero-order valence-electron chi connectivity index (χ0n) is 19.9. The van der Waals surface area contributed by atoms with Gasteiger partial charge >= 0.3 is 12.1 Å². The minimum atomic E-state index is -5.13. The normalized spacial score (nSPS) is 20.2. The average molecular weight is 509 g/mol. The van der Waals surface area contributed by atoms with E-state index in [0.29, 0.717) is 62.3 Å². The molecule has 6 nitrogen and oxygen atoms in total. The third-order valence-corrected chi connectivity index (χ3v) is 7.24. The number of benzene rings is 2. The minimum absolute atomic E-state index is 0.111. The minimum Gasteiger partial charge on any atom is -0.497 e. The molecule has 1 amide bonds. The van der Waals surface area contributed by atoms with E-state index in [2.05, 4.69) is 0 Å². The van der Waals surface area contributed by atoms with Gasteiger partial charge in [-0.3, -0.25) is 9.69 Å². The SMILES string of the molecule is COc1ccc(F)c(CN2CCC3(CC2)CCN(C(=O)c2ccccc2)CC3OC(=O)C(F)(F)F)c1. The van der Waals surface area contributed by atoms with Crippen LogP contribution in [0.25, 0.3) is 0 Å². The van der Waals surface area contributed by atoms with Crippen molar-refractivity contribution >= 4 is 11.9 Å². The van der Waals surface area contributed by atoms with Crippen molar-refractivity contribution in [2.45, 2.75) is 38.1 Å². The molecule has 2 heterocycles. The van der Waals surface area contributed by atoms with Gasteiger partial charge in [-0.2, -0.15) is 13.2 Å². The van der Waals surface area contributed by atoms with Crippen molar-refractivity contribution < 1.29 is 36.6 Å². The second kappa shape index (κ2) is 10.5. The van der Waals surface area contributed by atoms with Gasteiger partial charge in [0.2, 0.25) is 0 Å². The van der Waals surface area contributed by atoms with Crippen LogP contribution >= 0.6 is 0 Å². The fourth-order valence-electron chi connectivity index (χ4n) is 5.08. The first-order valence-electron chi connectivity index (χ1n) is 11.8. The van der Waals surface area contributed by atoms with E-state index >= 15 is 0 Å². The number of rotatable bonds is 5. The summed E-state index contributed by atoms with van der Waals surface area (Å²) in [6, 6.07) is 13.0. The molecule has 0 aromatic heterocycles. The van der Waals surface area contributed by atoms with E-state index in [1.54, 1.807) is 36.4 Å². The molecule has 36 heavy (non-hydrogen) atoms. The van der Waals surface area contributed by atoms with Gasteiger partial charge in [-0.1, -0.05) is 18.2 Å². The molecule has 2 saturated heterocycles. The van der Waals surface area contributed by atoms with Crippen molar-refractivity contribution in [3.05, 3.63) is 65.5 Å². The molecule has 0 saturated carbocycles. The summed E-state index contributed by atoms with van der Waals surface area (Å²) in [5, 5.41) is 0. The first-order chi connectivity index (χ1) is 17.1. The molecule has 4 rings (SSSR count). The third kappa shape index (κ3) is 5.64. The molecule has 2 aliphatic heterocycles. The molecule has 0 aliphatic carbocycles. The number of esters is 1. The van der Waals surface area contributed by atoms with Crippen LogP contribution in [0.4, 0.5) is 17.6 Å². The maximum absolute atomic E-state index is 14.3. The number of piperidine rings is 2. The highest BCUT2D eigenvalue weighted by Crippen LogP contribution is 2.44. The number of halogens is 4. The number of ether oxygens (including phenoxy) is 2. The Kier molecular flexibility index (Phi) is 7.54. The Hall–Kier alpha value is -3.14. The van der Waals surface area contributed by atoms with Crippen molar-refractivity contribution in [3.63, 3.8) is 0 Å². The van der Waals surface area contributed by atoms with E-state index < -0.39 is 23.7 Å². The number of carbonyl (C=O) groups is 2. The van der Waals surface area contributed by atoms with Gasteiger partial charge in [0, 0.05) is 29.6 Å². The quantitative estimate of drug-likeness (QED) is 0.442. The molecule has 10 heteroatoms. The number of alkyl halides is 3. The predicted molar refractivity (Wildman–Crippen MR) is 123 cm³/mol. The van der Waals surface area contributed by atoms with Crippen LogP contribution in [0.15, 0.2) is 48.5 Å². The summed E-state index contributed by atoms with van der Waals surface area (Å²) in [6.07, 6.45) is -4.90. The predicted octanol–water partition coefficient (Wildman–Crippen LogP) is 4.44. The molecular formula is C26H28F4N2O4. The summed E-state index contributed by atoms with van der Waals surface area (Å²) >= 11 is 0. The molecule has 0 N–H and O–H groups in total. The molecule has 194 valence electrons. The summed E-state index contributed by atoms with van der Waals surface area (Å²) in [6.45, 7) is 1.54.